The van der Waals surface area contributed by atoms with Crippen molar-refractivity contribution >= 4 is 32.4 Å². The Bertz CT molecular complexity index is 1240. The van der Waals surface area contributed by atoms with Crippen LogP contribution in [0.1, 0.15) is 0 Å². The Morgan fingerprint density at radius 3 is 2.21 bits per heavy atom. The second-order valence-corrected chi connectivity index (χ2v) is 8.83. The lowest BCUT2D eigenvalue weighted by Gasteiger charge is -2.35. The molecule has 0 saturated carbocycles. The molecule has 0 unspecified atom stereocenters. The predicted molar refractivity (Wildman–Crippen MR) is 110 cm³/mol. The average molecular weight is 392 g/mol. The van der Waals surface area contributed by atoms with Crippen LogP contribution in [0.2, 0.25) is 0 Å². The van der Waals surface area contributed by atoms with Crippen molar-refractivity contribution in [3.05, 3.63) is 72.9 Å². The summed E-state index contributed by atoms with van der Waals surface area (Å²) in [6.45, 7) is 2.10. The topological polar surface area (TPSA) is 57.9 Å². The lowest BCUT2D eigenvalue weighted by molar-refractivity contribution is 0.384. The first-order chi connectivity index (χ1) is 13.6. The van der Waals surface area contributed by atoms with Gasteiger partial charge in [0, 0.05) is 32.4 Å². The zero-order chi connectivity index (χ0) is 19.1. The van der Waals surface area contributed by atoms with E-state index in [4.69, 9.17) is 4.98 Å². The number of piperazine rings is 1. The molecule has 4 aromatic rings. The zero-order valence-corrected chi connectivity index (χ0v) is 16.1. The van der Waals surface area contributed by atoms with E-state index in [0.29, 0.717) is 31.1 Å². The van der Waals surface area contributed by atoms with E-state index < -0.39 is 10.0 Å². The van der Waals surface area contributed by atoms with Crippen molar-refractivity contribution in [2.75, 3.05) is 31.1 Å². The van der Waals surface area contributed by atoms with Gasteiger partial charge in [0.25, 0.3) is 0 Å². The maximum atomic E-state index is 12.9. The largest absolute Gasteiger partial charge is 0.352 e. The summed E-state index contributed by atoms with van der Waals surface area (Å²) in [5.74, 6) is 0.903. The summed E-state index contributed by atoms with van der Waals surface area (Å²) in [7, 11) is -3.45. The molecule has 3 heterocycles. The van der Waals surface area contributed by atoms with E-state index in [1.54, 1.807) is 28.6 Å². The highest BCUT2D eigenvalue weighted by molar-refractivity contribution is 7.89. The lowest BCUT2D eigenvalue weighted by Crippen LogP contribution is -2.49. The Hall–Kier alpha value is -2.90. The fourth-order valence-electron chi connectivity index (χ4n) is 3.82. The summed E-state index contributed by atoms with van der Waals surface area (Å²) in [5.41, 5.74) is 3.04. The number of rotatable bonds is 3. The van der Waals surface area contributed by atoms with Crippen LogP contribution in [0, 0.1) is 0 Å². The lowest BCUT2D eigenvalue weighted by atomic mass is 10.2. The number of nitrogens with zero attached hydrogens (tertiary/aromatic N) is 4. The molecule has 0 aliphatic carbocycles. The van der Waals surface area contributed by atoms with Gasteiger partial charge in [0.15, 0.2) is 5.82 Å². The van der Waals surface area contributed by atoms with Gasteiger partial charge in [0.05, 0.1) is 21.4 Å². The van der Waals surface area contributed by atoms with Crippen LogP contribution in [0.25, 0.3) is 16.6 Å². The number of para-hydroxylation sites is 2. The summed E-state index contributed by atoms with van der Waals surface area (Å²) in [6.07, 6.45) is 2.04. The minimum Gasteiger partial charge on any atom is -0.352 e. The van der Waals surface area contributed by atoms with E-state index in [0.717, 1.165) is 22.4 Å². The standard InChI is InChI=1S/C21H20N4O2S/c26-28(27,17-7-2-1-3-8-17)24-15-13-23(14-16-24)21-20-11-6-12-25(20)19-10-5-4-9-18(19)22-21/h1-12H,13-16H2. The average Bonchev–Trinajstić information content (AvgIpc) is 3.24. The molecule has 2 aromatic carbocycles. The summed E-state index contributed by atoms with van der Waals surface area (Å²) in [5, 5.41) is 0. The van der Waals surface area contributed by atoms with Crippen molar-refractivity contribution in [1.82, 2.24) is 13.7 Å². The van der Waals surface area contributed by atoms with Gasteiger partial charge in [-0.1, -0.05) is 30.3 Å². The first-order valence-corrected chi connectivity index (χ1v) is 10.7. The predicted octanol–water partition coefficient (Wildman–Crippen LogP) is 3.00. The van der Waals surface area contributed by atoms with Crippen molar-refractivity contribution in [2.45, 2.75) is 4.90 Å². The van der Waals surface area contributed by atoms with Crippen LogP contribution in [0.5, 0.6) is 0 Å². The summed E-state index contributed by atoms with van der Waals surface area (Å²) in [4.78, 5) is 7.41. The fourth-order valence-corrected chi connectivity index (χ4v) is 5.26. The monoisotopic (exact) mass is 392 g/mol. The van der Waals surface area contributed by atoms with E-state index in [-0.39, 0.29) is 0 Å². The maximum absolute atomic E-state index is 12.9. The molecule has 0 radical (unpaired) electrons. The molecular weight excluding hydrogens is 372 g/mol. The highest BCUT2D eigenvalue weighted by Crippen LogP contribution is 2.27. The Morgan fingerprint density at radius 2 is 1.43 bits per heavy atom. The van der Waals surface area contributed by atoms with Gasteiger partial charge < -0.3 is 9.30 Å². The molecule has 142 valence electrons. The third-order valence-electron chi connectivity index (χ3n) is 5.26. The second-order valence-electron chi connectivity index (χ2n) is 6.89. The number of benzene rings is 2. The van der Waals surface area contributed by atoms with Crippen LogP contribution in [0.4, 0.5) is 5.82 Å². The van der Waals surface area contributed by atoms with Gasteiger partial charge in [0.1, 0.15) is 0 Å². The molecule has 7 heteroatoms. The SMILES string of the molecule is O=S(=O)(c1ccccc1)N1CCN(c2nc3ccccc3n3cccc23)CC1. The molecule has 1 fully saturated rings. The normalized spacial score (nSPS) is 16.1. The smallest absolute Gasteiger partial charge is 0.243 e. The Balaban J connectivity index is 1.45. The fraction of sp³-hybridized carbons (Fsp3) is 0.190. The third-order valence-corrected chi connectivity index (χ3v) is 7.18. The van der Waals surface area contributed by atoms with E-state index in [2.05, 4.69) is 21.4 Å². The van der Waals surface area contributed by atoms with Crippen molar-refractivity contribution in [2.24, 2.45) is 0 Å². The molecule has 1 aliphatic rings. The van der Waals surface area contributed by atoms with Crippen LogP contribution < -0.4 is 4.90 Å². The first kappa shape index (κ1) is 17.2. The summed E-state index contributed by atoms with van der Waals surface area (Å²) in [6, 6.07) is 20.8. The summed E-state index contributed by atoms with van der Waals surface area (Å²) < 4.78 is 29.4. The molecule has 6 nitrogen and oxygen atoms in total. The number of hydrogen-bond donors (Lipinski definition) is 0. The molecule has 0 N–H and O–H groups in total. The number of aromatic nitrogens is 2. The molecule has 0 spiro atoms. The van der Waals surface area contributed by atoms with Crippen LogP contribution in [0.3, 0.4) is 0 Å². The molecule has 0 amide bonds. The maximum Gasteiger partial charge on any atom is 0.243 e. The molecule has 28 heavy (non-hydrogen) atoms. The Kier molecular flexibility index (Phi) is 4.07. The van der Waals surface area contributed by atoms with Gasteiger partial charge >= 0.3 is 0 Å². The molecule has 5 rings (SSSR count). The van der Waals surface area contributed by atoms with Gasteiger partial charge in [-0.15, -0.1) is 0 Å². The minimum absolute atomic E-state index is 0.348. The third kappa shape index (κ3) is 2.75. The van der Waals surface area contributed by atoms with E-state index in [9.17, 15) is 8.42 Å². The second kappa shape index (κ2) is 6.61. The van der Waals surface area contributed by atoms with Crippen molar-refractivity contribution in [1.29, 1.82) is 0 Å². The summed E-state index contributed by atoms with van der Waals surface area (Å²) >= 11 is 0. The molecule has 0 atom stereocenters. The molecule has 0 bridgehead atoms. The number of hydrogen-bond acceptors (Lipinski definition) is 4. The molecule has 1 saturated heterocycles. The van der Waals surface area contributed by atoms with Crippen LogP contribution >= 0.6 is 0 Å². The highest BCUT2D eigenvalue weighted by Gasteiger charge is 2.29. The van der Waals surface area contributed by atoms with Crippen LogP contribution in [-0.2, 0) is 10.0 Å². The van der Waals surface area contributed by atoms with Gasteiger partial charge in [0.2, 0.25) is 10.0 Å². The van der Waals surface area contributed by atoms with Crippen molar-refractivity contribution in [3.63, 3.8) is 0 Å². The van der Waals surface area contributed by atoms with E-state index >= 15 is 0 Å². The van der Waals surface area contributed by atoms with Gasteiger partial charge in [-0.3, -0.25) is 0 Å². The van der Waals surface area contributed by atoms with Gasteiger partial charge in [-0.25, -0.2) is 13.4 Å². The Labute approximate surface area is 163 Å². The van der Waals surface area contributed by atoms with E-state index in [1.165, 1.54) is 0 Å². The van der Waals surface area contributed by atoms with Crippen molar-refractivity contribution in [3.8, 4) is 0 Å². The minimum atomic E-state index is -3.45. The highest BCUT2D eigenvalue weighted by atomic mass is 32.2. The van der Waals surface area contributed by atoms with Gasteiger partial charge in [-0.2, -0.15) is 4.31 Å². The van der Waals surface area contributed by atoms with Crippen LogP contribution in [0.15, 0.2) is 77.8 Å². The number of fused-ring (bicyclic) bond motifs is 3. The molecule has 2 aromatic heterocycles. The number of sulfonamides is 1. The zero-order valence-electron chi connectivity index (χ0n) is 15.3. The van der Waals surface area contributed by atoms with Gasteiger partial charge in [-0.05, 0) is 36.4 Å². The molecule has 1 aliphatic heterocycles. The number of anilines is 1. The van der Waals surface area contributed by atoms with Crippen LogP contribution in [-0.4, -0.2) is 48.3 Å². The van der Waals surface area contributed by atoms with Crippen molar-refractivity contribution < 1.29 is 8.42 Å². The quantitative estimate of drug-likeness (QED) is 0.538. The van der Waals surface area contributed by atoms with E-state index in [1.807, 2.05) is 36.5 Å². The first-order valence-electron chi connectivity index (χ1n) is 9.30. The Morgan fingerprint density at radius 1 is 0.750 bits per heavy atom. The molecular formula is C21H20N4O2S.